The molecule has 0 aromatic heterocycles. The summed E-state index contributed by atoms with van der Waals surface area (Å²) in [5.41, 5.74) is -0.153. The van der Waals surface area contributed by atoms with E-state index in [0.29, 0.717) is 5.56 Å². The molecule has 1 aliphatic heterocycles. The highest BCUT2D eigenvalue weighted by Gasteiger charge is 2.47. The Morgan fingerprint density at radius 1 is 1.24 bits per heavy atom. The van der Waals surface area contributed by atoms with Gasteiger partial charge in [-0.15, -0.1) is 0 Å². The van der Waals surface area contributed by atoms with Gasteiger partial charge in [-0.05, 0) is 30.9 Å². The van der Waals surface area contributed by atoms with Crippen LogP contribution in [0.15, 0.2) is 18.2 Å². The van der Waals surface area contributed by atoms with Crippen LogP contribution in [0.1, 0.15) is 39.2 Å². The second kappa shape index (κ2) is 4.05. The molecule has 1 N–H and O–H groups in total. The van der Waals surface area contributed by atoms with E-state index in [1.807, 2.05) is 0 Å². The average molecular weight is 239 g/mol. The zero-order valence-electron chi connectivity index (χ0n) is 10.6. The summed E-state index contributed by atoms with van der Waals surface area (Å²) in [4.78, 5) is 0. The molecule has 1 aromatic rings. The highest BCUT2D eigenvalue weighted by Crippen LogP contribution is 2.46. The van der Waals surface area contributed by atoms with E-state index in [1.54, 1.807) is 12.1 Å². The fourth-order valence-electron chi connectivity index (χ4n) is 2.85. The number of hydrogen-bond donors (Lipinski definition) is 1. The van der Waals surface area contributed by atoms with Crippen molar-refractivity contribution in [3.63, 3.8) is 0 Å². The van der Waals surface area contributed by atoms with Crippen molar-refractivity contribution in [1.82, 2.24) is 5.32 Å². The van der Waals surface area contributed by atoms with Gasteiger partial charge >= 0.3 is 0 Å². The first kappa shape index (κ1) is 12.5. The minimum Gasteiger partial charge on any atom is -0.307 e. The average Bonchev–Trinajstić information content (AvgIpc) is 2.71. The van der Waals surface area contributed by atoms with E-state index in [0.717, 1.165) is 19.4 Å². The second-order valence-electron chi connectivity index (χ2n) is 5.79. The van der Waals surface area contributed by atoms with Crippen molar-refractivity contribution >= 4 is 0 Å². The molecule has 1 saturated heterocycles. The fraction of sp³-hybridized carbons (Fsp3) is 0.571. The zero-order valence-corrected chi connectivity index (χ0v) is 10.6. The first-order valence-corrected chi connectivity index (χ1v) is 6.08. The van der Waals surface area contributed by atoms with E-state index in [-0.39, 0.29) is 5.41 Å². The number of hydrogen-bond acceptors (Lipinski definition) is 1. The van der Waals surface area contributed by atoms with Crippen LogP contribution in [0.3, 0.4) is 0 Å². The Bertz CT molecular complexity index is 415. The molecule has 1 heterocycles. The fourth-order valence-corrected chi connectivity index (χ4v) is 2.85. The first-order chi connectivity index (χ1) is 7.88. The van der Waals surface area contributed by atoms with Crippen LogP contribution in [-0.2, 0) is 5.54 Å². The van der Waals surface area contributed by atoms with E-state index in [9.17, 15) is 8.78 Å². The Balaban J connectivity index is 2.58. The molecule has 1 atom stereocenters. The Hall–Kier alpha value is -0.960. The Morgan fingerprint density at radius 2 is 1.94 bits per heavy atom. The maximum absolute atomic E-state index is 14.0. The lowest BCUT2D eigenvalue weighted by Gasteiger charge is -2.43. The summed E-state index contributed by atoms with van der Waals surface area (Å²) in [6, 6.07) is 4.45. The van der Waals surface area contributed by atoms with E-state index in [4.69, 9.17) is 0 Å². The predicted octanol–water partition coefficient (Wildman–Crippen LogP) is 3.59. The first-order valence-electron chi connectivity index (χ1n) is 6.08. The lowest BCUT2D eigenvalue weighted by Crippen LogP contribution is -2.48. The van der Waals surface area contributed by atoms with Crippen LogP contribution in [0.5, 0.6) is 0 Å². The van der Waals surface area contributed by atoms with Crippen LogP contribution < -0.4 is 5.32 Å². The maximum Gasteiger partial charge on any atom is 0.163 e. The molecule has 0 saturated carbocycles. The molecule has 0 spiro atoms. The molecule has 0 radical (unpaired) electrons. The lowest BCUT2D eigenvalue weighted by molar-refractivity contribution is 0.154. The summed E-state index contributed by atoms with van der Waals surface area (Å²) in [6.45, 7) is 7.05. The zero-order chi connectivity index (χ0) is 12.7. The molecule has 1 aliphatic rings. The van der Waals surface area contributed by atoms with Crippen LogP contribution in [0.2, 0.25) is 0 Å². The molecule has 1 nitrogen and oxygen atoms in total. The van der Waals surface area contributed by atoms with Crippen LogP contribution in [-0.4, -0.2) is 6.54 Å². The summed E-state index contributed by atoms with van der Waals surface area (Å²) in [6.07, 6.45) is 1.84. The normalized spacial score (nSPS) is 25.2. The monoisotopic (exact) mass is 239 g/mol. The largest absolute Gasteiger partial charge is 0.307 e. The molecule has 0 bridgehead atoms. The van der Waals surface area contributed by atoms with E-state index < -0.39 is 17.2 Å². The SMILES string of the molecule is CC(C)(C)C1(c2cccc(F)c2F)CCCN1. The molecule has 1 fully saturated rings. The molecule has 1 unspecified atom stereocenters. The van der Waals surface area contributed by atoms with Gasteiger partial charge < -0.3 is 5.32 Å². The summed E-state index contributed by atoms with van der Waals surface area (Å²) in [5, 5.41) is 3.39. The Kier molecular flexibility index (Phi) is 2.98. The highest BCUT2D eigenvalue weighted by molar-refractivity contribution is 5.30. The van der Waals surface area contributed by atoms with Crippen molar-refractivity contribution in [1.29, 1.82) is 0 Å². The van der Waals surface area contributed by atoms with Gasteiger partial charge in [0.1, 0.15) is 0 Å². The Labute approximate surface area is 101 Å². The van der Waals surface area contributed by atoms with Crippen molar-refractivity contribution in [2.75, 3.05) is 6.54 Å². The van der Waals surface area contributed by atoms with Crippen LogP contribution in [0, 0.1) is 17.0 Å². The molecule has 17 heavy (non-hydrogen) atoms. The summed E-state index contributed by atoms with van der Waals surface area (Å²) in [5.74, 6) is -1.48. The van der Waals surface area contributed by atoms with Crippen molar-refractivity contribution in [3.05, 3.63) is 35.4 Å². The van der Waals surface area contributed by atoms with E-state index in [1.165, 1.54) is 6.07 Å². The van der Waals surface area contributed by atoms with Gasteiger partial charge in [-0.3, -0.25) is 0 Å². The van der Waals surface area contributed by atoms with Gasteiger partial charge in [-0.1, -0.05) is 32.9 Å². The third-order valence-electron chi connectivity index (χ3n) is 3.85. The molecule has 1 aromatic carbocycles. The van der Waals surface area contributed by atoms with Crippen molar-refractivity contribution in [2.45, 2.75) is 39.2 Å². The number of nitrogens with one attached hydrogen (secondary N) is 1. The maximum atomic E-state index is 14.0. The molecule has 0 aliphatic carbocycles. The third kappa shape index (κ3) is 1.86. The lowest BCUT2D eigenvalue weighted by atomic mass is 9.68. The van der Waals surface area contributed by atoms with Crippen molar-refractivity contribution < 1.29 is 8.78 Å². The number of rotatable bonds is 1. The van der Waals surface area contributed by atoms with Crippen LogP contribution in [0.25, 0.3) is 0 Å². The van der Waals surface area contributed by atoms with Gasteiger partial charge in [0.05, 0.1) is 5.54 Å². The smallest absolute Gasteiger partial charge is 0.163 e. The number of benzene rings is 1. The van der Waals surface area contributed by atoms with Crippen LogP contribution in [0.4, 0.5) is 8.78 Å². The van der Waals surface area contributed by atoms with Gasteiger partial charge in [0.25, 0.3) is 0 Å². The van der Waals surface area contributed by atoms with Gasteiger partial charge in [0, 0.05) is 5.56 Å². The Morgan fingerprint density at radius 3 is 2.47 bits per heavy atom. The summed E-state index contributed by atoms with van der Waals surface area (Å²) >= 11 is 0. The molecule has 94 valence electrons. The quantitative estimate of drug-likeness (QED) is 0.789. The molecule has 3 heteroatoms. The third-order valence-corrected chi connectivity index (χ3v) is 3.85. The van der Waals surface area contributed by atoms with Crippen LogP contribution >= 0.6 is 0 Å². The molecular weight excluding hydrogens is 220 g/mol. The highest BCUT2D eigenvalue weighted by atomic mass is 19.2. The van der Waals surface area contributed by atoms with Crippen molar-refractivity contribution in [2.24, 2.45) is 5.41 Å². The second-order valence-corrected chi connectivity index (χ2v) is 5.79. The van der Waals surface area contributed by atoms with Gasteiger partial charge in [-0.2, -0.15) is 0 Å². The standard InChI is InChI=1S/C14H19F2N/c1-13(2,3)14(8-5-9-17-14)10-6-4-7-11(15)12(10)16/h4,6-7,17H,5,8-9H2,1-3H3. The number of halogens is 2. The van der Waals surface area contributed by atoms with E-state index >= 15 is 0 Å². The molecular formula is C14H19F2N. The van der Waals surface area contributed by atoms with Gasteiger partial charge in [-0.25, -0.2) is 8.78 Å². The van der Waals surface area contributed by atoms with Gasteiger partial charge in [0.15, 0.2) is 11.6 Å². The van der Waals surface area contributed by atoms with Gasteiger partial charge in [0.2, 0.25) is 0 Å². The molecule has 0 amide bonds. The predicted molar refractivity (Wildman–Crippen MR) is 64.7 cm³/mol. The minimum atomic E-state index is -0.764. The minimum absolute atomic E-state index is 0.155. The summed E-state index contributed by atoms with van der Waals surface area (Å²) < 4.78 is 27.4. The topological polar surface area (TPSA) is 12.0 Å². The molecule has 2 rings (SSSR count). The van der Waals surface area contributed by atoms with E-state index in [2.05, 4.69) is 26.1 Å². The van der Waals surface area contributed by atoms with Crippen molar-refractivity contribution in [3.8, 4) is 0 Å². The summed E-state index contributed by atoms with van der Waals surface area (Å²) in [7, 11) is 0.